The largest absolute Gasteiger partial charge is 0.375 e. The topological polar surface area (TPSA) is 32.3 Å². The van der Waals surface area contributed by atoms with Crippen LogP contribution in [0.3, 0.4) is 0 Å². The van der Waals surface area contributed by atoms with E-state index in [-0.39, 0.29) is 5.78 Å². The van der Waals surface area contributed by atoms with Crippen molar-refractivity contribution in [3.05, 3.63) is 11.9 Å². The summed E-state index contributed by atoms with van der Waals surface area (Å²) >= 11 is 0. The van der Waals surface area contributed by atoms with E-state index in [1.165, 1.54) is 6.92 Å². The van der Waals surface area contributed by atoms with Crippen LogP contribution in [0.5, 0.6) is 0 Å². The van der Waals surface area contributed by atoms with E-state index < -0.39 is 0 Å². The number of carbonyl (C=O) groups excluding carboxylic acids is 1. The van der Waals surface area contributed by atoms with Crippen LogP contribution in [0.1, 0.15) is 6.92 Å². The molecule has 1 N–H and O–H groups in total. The molecule has 0 aromatic rings. The van der Waals surface area contributed by atoms with Crippen molar-refractivity contribution < 1.29 is 4.79 Å². The normalized spacial score (nSPS) is 11.0. The molecule has 0 aromatic carbocycles. The van der Waals surface area contributed by atoms with Crippen LogP contribution in [0.4, 0.5) is 0 Å². The van der Waals surface area contributed by atoms with Crippen molar-refractivity contribution in [1.82, 2.24) is 10.2 Å². The average Bonchev–Trinajstić information content (AvgIpc) is 1.81. The molecule has 0 heterocycles. The molecule has 0 spiro atoms. The zero-order chi connectivity index (χ0) is 8.15. The number of allylic oxidation sites excluding steroid dienone is 1. The molecule has 0 saturated carbocycles. The highest BCUT2D eigenvalue weighted by molar-refractivity contribution is 5.87. The molecule has 0 fully saturated rings. The van der Waals surface area contributed by atoms with Gasteiger partial charge in [0, 0.05) is 27.2 Å². The first kappa shape index (κ1) is 9.01. The average molecular weight is 142 g/mol. The third kappa shape index (κ3) is 3.12. The fraction of sp³-hybridized carbons (Fsp3) is 0.571. The van der Waals surface area contributed by atoms with Gasteiger partial charge in [-0.2, -0.15) is 0 Å². The number of nitrogens with zero attached hydrogens (tertiary/aromatic N) is 1. The van der Waals surface area contributed by atoms with Gasteiger partial charge in [0.25, 0.3) is 0 Å². The number of hydrogen-bond acceptors (Lipinski definition) is 3. The summed E-state index contributed by atoms with van der Waals surface area (Å²) in [7, 11) is 5.55. The van der Waals surface area contributed by atoms with Gasteiger partial charge in [-0.1, -0.05) is 0 Å². The maximum Gasteiger partial charge on any atom is 0.156 e. The first-order valence-corrected chi connectivity index (χ1v) is 3.15. The van der Waals surface area contributed by atoms with Crippen molar-refractivity contribution in [2.45, 2.75) is 6.92 Å². The minimum absolute atomic E-state index is 0.0537. The molecule has 58 valence electrons. The van der Waals surface area contributed by atoms with Crippen molar-refractivity contribution >= 4 is 5.78 Å². The number of hydrogen-bond donors (Lipinski definition) is 1. The Bertz CT molecular complexity index is 150. The number of ketones is 1. The first-order valence-electron chi connectivity index (χ1n) is 3.15. The van der Waals surface area contributed by atoms with Crippen LogP contribution in [0, 0.1) is 0 Å². The van der Waals surface area contributed by atoms with Crippen LogP contribution in [0.25, 0.3) is 0 Å². The highest BCUT2D eigenvalue weighted by Gasteiger charge is 1.95. The van der Waals surface area contributed by atoms with E-state index in [1.54, 1.807) is 13.1 Å². The lowest BCUT2D eigenvalue weighted by molar-refractivity contribution is -0.112. The standard InChI is InChI=1S/C7H14N2O/c1-6(10)5-7(8-2)9(3)4/h5,8H,1-4H3. The molecule has 0 unspecified atom stereocenters. The van der Waals surface area contributed by atoms with Gasteiger partial charge in [0.05, 0.1) is 0 Å². The molecule has 0 rings (SSSR count). The Hall–Kier alpha value is -0.990. The number of rotatable bonds is 3. The SMILES string of the molecule is CNC(=CC(C)=O)N(C)C. The molecule has 0 radical (unpaired) electrons. The Morgan fingerprint density at radius 3 is 2.10 bits per heavy atom. The van der Waals surface area contributed by atoms with Crippen molar-refractivity contribution in [1.29, 1.82) is 0 Å². The van der Waals surface area contributed by atoms with Crippen LogP contribution < -0.4 is 5.32 Å². The third-order valence-electron chi connectivity index (χ3n) is 1.08. The molecule has 0 aliphatic rings. The van der Waals surface area contributed by atoms with Crippen LogP contribution >= 0.6 is 0 Å². The summed E-state index contributed by atoms with van der Waals surface area (Å²) in [6.07, 6.45) is 1.56. The Morgan fingerprint density at radius 2 is 2.00 bits per heavy atom. The third-order valence-corrected chi connectivity index (χ3v) is 1.08. The molecule has 0 atom stereocenters. The second-order valence-corrected chi connectivity index (χ2v) is 2.28. The van der Waals surface area contributed by atoms with Gasteiger partial charge in [0.1, 0.15) is 5.82 Å². The van der Waals surface area contributed by atoms with E-state index in [9.17, 15) is 4.79 Å². The predicted molar refractivity (Wildman–Crippen MR) is 41.5 cm³/mol. The van der Waals surface area contributed by atoms with Crippen LogP contribution in [-0.2, 0) is 4.79 Å². The summed E-state index contributed by atoms with van der Waals surface area (Å²) < 4.78 is 0. The van der Waals surface area contributed by atoms with Gasteiger partial charge in [0.2, 0.25) is 0 Å². The Morgan fingerprint density at radius 1 is 1.50 bits per heavy atom. The molecule has 3 nitrogen and oxygen atoms in total. The van der Waals surface area contributed by atoms with E-state index in [4.69, 9.17) is 0 Å². The van der Waals surface area contributed by atoms with Gasteiger partial charge in [0.15, 0.2) is 5.78 Å². The van der Waals surface area contributed by atoms with Crippen molar-refractivity contribution in [2.75, 3.05) is 21.1 Å². The Kier molecular flexibility index (Phi) is 3.54. The molecule has 0 aliphatic heterocycles. The zero-order valence-corrected chi connectivity index (χ0v) is 6.93. The minimum Gasteiger partial charge on any atom is -0.375 e. The molecular weight excluding hydrogens is 128 g/mol. The van der Waals surface area contributed by atoms with Crippen LogP contribution in [0.2, 0.25) is 0 Å². The molecule has 0 saturated heterocycles. The molecule has 10 heavy (non-hydrogen) atoms. The molecular formula is C7H14N2O. The van der Waals surface area contributed by atoms with E-state index >= 15 is 0 Å². The quantitative estimate of drug-likeness (QED) is 0.571. The zero-order valence-electron chi connectivity index (χ0n) is 6.93. The molecule has 3 heteroatoms. The van der Waals surface area contributed by atoms with E-state index in [1.807, 2.05) is 19.0 Å². The fourth-order valence-electron chi connectivity index (χ4n) is 0.617. The summed E-state index contributed by atoms with van der Waals surface area (Å²) in [6, 6.07) is 0. The monoisotopic (exact) mass is 142 g/mol. The molecule has 0 aliphatic carbocycles. The Balaban J connectivity index is 4.18. The lowest BCUT2D eigenvalue weighted by Crippen LogP contribution is -2.22. The predicted octanol–water partition coefficient (Wildman–Crippen LogP) is 0.198. The highest BCUT2D eigenvalue weighted by Crippen LogP contribution is 1.91. The van der Waals surface area contributed by atoms with Gasteiger partial charge in [-0.25, -0.2) is 0 Å². The molecule has 0 bridgehead atoms. The smallest absolute Gasteiger partial charge is 0.156 e. The maximum atomic E-state index is 10.6. The van der Waals surface area contributed by atoms with Gasteiger partial charge in [-0.3, -0.25) is 4.79 Å². The summed E-state index contributed by atoms with van der Waals surface area (Å²) in [4.78, 5) is 12.4. The van der Waals surface area contributed by atoms with E-state index in [0.29, 0.717) is 0 Å². The van der Waals surface area contributed by atoms with E-state index in [0.717, 1.165) is 5.82 Å². The van der Waals surface area contributed by atoms with E-state index in [2.05, 4.69) is 5.32 Å². The lowest BCUT2D eigenvalue weighted by atomic mass is 10.4. The number of carbonyl (C=O) groups is 1. The summed E-state index contributed by atoms with van der Waals surface area (Å²) in [5.74, 6) is 0.880. The minimum atomic E-state index is 0.0537. The van der Waals surface area contributed by atoms with Crippen molar-refractivity contribution in [2.24, 2.45) is 0 Å². The van der Waals surface area contributed by atoms with Gasteiger partial charge in [-0.05, 0) is 6.92 Å². The van der Waals surface area contributed by atoms with Gasteiger partial charge < -0.3 is 10.2 Å². The summed E-state index contributed by atoms with van der Waals surface area (Å²) in [5, 5.41) is 2.90. The molecule has 0 aromatic heterocycles. The second-order valence-electron chi connectivity index (χ2n) is 2.28. The number of nitrogens with one attached hydrogen (secondary N) is 1. The van der Waals surface area contributed by atoms with Crippen molar-refractivity contribution in [3.8, 4) is 0 Å². The van der Waals surface area contributed by atoms with Crippen LogP contribution in [0.15, 0.2) is 11.9 Å². The van der Waals surface area contributed by atoms with Crippen molar-refractivity contribution in [3.63, 3.8) is 0 Å². The molecule has 0 amide bonds. The van der Waals surface area contributed by atoms with Gasteiger partial charge in [-0.15, -0.1) is 0 Å². The fourth-order valence-corrected chi connectivity index (χ4v) is 0.617. The summed E-state index contributed by atoms with van der Waals surface area (Å²) in [5.41, 5.74) is 0. The maximum absolute atomic E-state index is 10.6. The second kappa shape index (κ2) is 3.93. The first-order chi connectivity index (χ1) is 4.57. The summed E-state index contributed by atoms with van der Waals surface area (Å²) in [6.45, 7) is 1.53. The highest BCUT2D eigenvalue weighted by atomic mass is 16.1. The lowest BCUT2D eigenvalue weighted by Gasteiger charge is -2.15. The van der Waals surface area contributed by atoms with Crippen LogP contribution in [-0.4, -0.2) is 31.8 Å². The Labute approximate surface area is 61.7 Å². The van der Waals surface area contributed by atoms with Gasteiger partial charge >= 0.3 is 0 Å².